The van der Waals surface area contributed by atoms with Crippen molar-refractivity contribution in [3.8, 4) is 28.1 Å². The van der Waals surface area contributed by atoms with Crippen LogP contribution in [0, 0.1) is 13.8 Å². The first-order chi connectivity index (χ1) is 15.0. The SMILES string of the molecule is Cc1ccc(-c2ccccc2O)c(C(=O)CC(=O)c2c(-c3ccccc3)noc2C)c1. The van der Waals surface area contributed by atoms with E-state index in [0.717, 1.165) is 11.1 Å². The van der Waals surface area contributed by atoms with Gasteiger partial charge in [0, 0.05) is 16.7 Å². The van der Waals surface area contributed by atoms with E-state index in [1.807, 2.05) is 43.3 Å². The van der Waals surface area contributed by atoms with Crippen molar-refractivity contribution in [2.45, 2.75) is 20.3 Å². The molecule has 0 unspecified atom stereocenters. The van der Waals surface area contributed by atoms with E-state index in [4.69, 9.17) is 4.52 Å². The Kier molecular flexibility index (Phi) is 5.50. The number of phenols is 1. The van der Waals surface area contributed by atoms with Crippen molar-refractivity contribution in [2.75, 3.05) is 0 Å². The van der Waals surface area contributed by atoms with Crippen LogP contribution in [0.2, 0.25) is 0 Å². The van der Waals surface area contributed by atoms with Gasteiger partial charge in [-0.2, -0.15) is 0 Å². The van der Waals surface area contributed by atoms with Crippen LogP contribution in [0.3, 0.4) is 0 Å². The van der Waals surface area contributed by atoms with Gasteiger partial charge in [0.25, 0.3) is 0 Å². The topological polar surface area (TPSA) is 80.4 Å². The predicted octanol–water partition coefficient (Wildman–Crippen LogP) is 5.79. The molecular weight excluding hydrogens is 390 g/mol. The zero-order chi connectivity index (χ0) is 22.0. The summed E-state index contributed by atoms with van der Waals surface area (Å²) in [4.78, 5) is 26.3. The summed E-state index contributed by atoms with van der Waals surface area (Å²) in [5, 5.41) is 14.3. The number of ketones is 2. The lowest BCUT2D eigenvalue weighted by atomic mass is 9.91. The number of Topliss-reactive ketones (excluding diaryl/α,β-unsaturated/α-hetero) is 2. The minimum absolute atomic E-state index is 0.0768. The summed E-state index contributed by atoms with van der Waals surface area (Å²) in [7, 11) is 0. The van der Waals surface area contributed by atoms with Crippen molar-refractivity contribution in [1.29, 1.82) is 0 Å². The fraction of sp³-hybridized carbons (Fsp3) is 0.115. The molecule has 0 bridgehead atoms. The first kappa shape index (κ1) is 20.3. The van der Waals surface area contributed by atoms with Gasteiger partial charge in [0.15, 0.2) is 11.6 Å². The number of hydrogen-bond donors (Lipinski definition) is 1. The Bertz CT molecular complexity index is 1270. The highest BCUT2D eigenvalue weighted by Crippen LogP contribution is 2.33. The average molecular weight is 411 g/mol. The van der Waals surface area contributed by atoms with Crippen molar-refractivity contribution in [1.82, 2.24) is 5.16 Å². The molecule has 0 aliphatic heterocycles. The molecule has 1 aromatic heterocycles. The Morgan fingerprint density at radius 2 is 1.58 bits per heavy atom. The first-order valence-corrected chi connectivity index (χ1v) is 9.93. The number of rotatable bonds is 6. The van der Waals surface area contributed by atoms with E-state index in [0.29, 0.717) is 33.7 Å². The highest BCUT2D eigenvalue weighted by atomic mass is 16.5. The van der Waals surface area contributed by atoms with Gasteiger partial charge in [0.1, 0.15) is 17.2 Å². The number of hydrogen-bond acceptors (Lipinski definition) is 5. The Labute approximate surface area is 180 Å². The van der Waals surface area contributed by atoms with Gasteiger partial charge >= 0.3 is 0 Å². The Morgan fingerprint density at radius 3 is 2.32 bits per heavy atom. The zero-order valence-corrected chi connectivity index (χ0v) is 17.3. The van der Waals surface area contributed by atoms with Crippen LogP contribution in [-0.4, -0.2) is 21.8 Å². The van der Waals surface area contributed by atoms with Crippen LogP contribution < -0.4 is 0 Å². The smallest absolute Gasteiger partial charge is 0.176 e. The van der Waals surface area contributed by atoms with Gasteiger partial charge in [0.05, 0.1) is 12.0 Å². The van der Waals surface area contributed by atoms with Crippen LogP contribution in [-0.2, 0) is 0 Å². The zero-order valence-electron chi connectivity index (χ0n) is 17.3. The molecule has 0 aliphatic rings. The van der Waals surface area contributed by atoms with E-state index >= 15 is 0 Å². The second-order valence-electron chi connectivity index (χ2n) is 7.42. The maximum Gasteiger partial charge on any atom is 0.176 e. The third kappa shape index (κ3) is 4.03. The molecule has 1 heterocycles. The summed E-state index contributed by atoms with van der Waals surface area (Å²) in [6.07, 6.45) is -0.327. The van der Waals surface area contributed by atoms with Crippen molar-refractivity contribution in [3.63, 3.8) is 0 Å². The maximum atomic E-state index is 13.2. The largest absolute Gasteiger partial charge is 0.507 e. The third-order valence-corrected chi connectivity index (χ3v) is 5.18. The van der Waals surface area contributed by atoms with E-state index in [1.165, 1.54) is 0 Å². The number of para-hydroxylation sites is 1. The van der Waals surface area contributed by atoms with Gasteiger partial charge in [0.2, 0.25) is 0 Å². The lowest BCUT2D eigenvalue weighted by Gasteiger charge is -2.11. The van der Waals surface area contributed by atoms with Crippen molar-refractivity contribution in [2.24, 2.45) is 0 Å². The maximum absolute atomic E-state index is 13.2. The minimum Gasteiger partial charge on any atom is -0.507 e. The summed E-state index contributed by atoms with van der Waals surface area (Å²) in [5.41, 5.74) is 3.92. The minimum atomic E-state index is -0.354. The van der Waals surface area contributed by atoms with Gasteiger partial charge in [-0.05, 0) is 31.5 Å². The fourth-order valence-electron chi connectivity index (χ4n) is 3.65. The van der Waals surface area contributed by atoms with Crippen LogP contribution >= 0.6 is 0 Å². The van der Waals surface area contributed by atoms with Gasteiger partial charge in [-0.3, -0.25) is 9.59 Å². The molecular formula is C26H21NO4. The Hall–Kier alpha value is -3.99. The number of benzene rings is 3. The monoisotopic (exact) mass is 411 g/mol. The molecule has 0 fully saturated rings. The summed E-state index contributed by atoms with van der Waals surface area (Å²) in [6, 6.07) is 21.5. The lowest BCUT2D eigenvalue weighted by molar-refractivity contribution is 0.0894. The molecule has 1 N–H and O–H groups in total. The van der Waals surface area contributed by atoms with E-state index in [-0.39, 0.29) is 23.7 Å². The van der Waals surface area contributed by atoms with E-state index in [1.54, 1.807) is 43.3 Å². The molecule has 5 heteroatoms. The number of carbonyl (C=O) groups excluding carboxylic acids is 2. The molecule has 0 saturated carbocycles. The lowest BCUT2D eigenvalue weighted by Crippen LogP contribution is -2.11. The number of nitrogens with zero attached hydrogens (tertiary/aromatic N) is 1. The Morgan fingerprint density at radius 1 is 0.871 bits per heavy atom. The number of phenolic OH excluding ortho intramolecular Hbond substituents is 1. The molecule has 0 radical (unpaired) electrons. The number of aryl methyl sites for hydroxylation is 2. The van der Waals surface area contributed by atoms with Crippen LogP contribution in [0.1, 0.15) is 38.5 Å². The molecule has 154 valence electrons. The summed E-state index contributed by atoms with van der Waals surface area (Å²) in [5.74, 6) is -0.228. The van der Waals surface area contributed by atoms with Gasteiger partial charge < -0.3 is 9.63 Å². The number of aromatic hydroxyl groups is 1. The number of carbonyl (C=O) groups is 2. The second-order valence-corrected chi connectivity index (χ2v) is 7.42. The molecule has 3 aromatic carbocycles. The summed E-state index contributed by atoms with van der Waals surface area (Å²) < 4.78 is 5.27. The highest BCUT2D eigenvalue weighted by Gasteiger charge is 2.25. The highest BCUT2D eigenvalue weighted by molar-refractivity contribution is 6.17. The van der Waals surface area contributed by atoms with Gasteiger partial charge in [-0.15, -0.1) is 0 Å². The molecule has 0 aliphatic carbocycles. The van der Waals surface area contributed by atoms with Crippen LogP contribution in [0.5, 0.6) is 5.75 Å². The van der Waals surface area contributed by atoms with Crippen LogP contribution in [0.4, 0.5) is 0 Å². The second kappa shape index (κ2) is 8.40. The molecule has 0 saturated heterocycles. The van der Waals surface area contributed by atoms with Crippen molar-refractivity contribution >= 4 is 11.6 Å². The third-order valence-electron chi connectivity index (χ3n) is 5.18. The fourth-order valence-corrected chi connectivity index (χ4v) is 3.65. The quantitative estimate of drug-likeness (QED) is 0.321. The molecule has 0 atom stereocenters. The Balaban J connectivity index is 1.69. The van der Waals surface area contributed by atoms with Crippen LogP contribution in [0.25, 0.3) is 22.4 Å². The predicted molar refractivity (Wildman–Crippen MR) is 118 cm³/mol. The molecule has 4 rings (SSSR count). The van der Waals surface area contributed by atoms with E-state index < -0.39 is 0 Å². The molecule has 0 amide bonds. The van der Waals surface area contributed by atoms with Gasteiger partial charge in [-0.1, -0.05) is 71.4 Å². The van der Waals surface area contributed by atoms with Crippen molar-refractivity contribution in [3.05, 3.63) is 95.2 Å². The van der Waals surface area contributed by atoms with Crippen molar-refractivity contribution < 1.29 is 19.2 Å². The number of aromatic nitrogens is 1. The molecule has 0 spiro atoms. The summed E-state index contributed by atoms with van der Waals surface area (Å²) >= 11 is 0. The molecule has 31 heavy (non-hydrogen) atoms. The first-order valence-electron chi connectivity index (χ1n) is 9.93. The normalized spacial score (nSPS) is 10.8. The van der Waals surface area contributed by atoms with Crippen LogP contribution in [0.15, 0.2) is 77.3 Å². The standard InChI is InChI=1S/C26H21NO4/c1-16-12-13-19(20-10-6-7-11-22(20)28)21(14-16)23(29)15-24(30)25-17(2)31-27-26(25)18-8-4-3-5-9-18/h3-14,28H,15H2,1-2H3. The van der Waals surface area contributed by atoms with E-state index in [9.17, 15) is 14.7 Å². The van der Waals surface area contributed by atoms with E-state index in [2.05, 4.69) is 5.16 Å². The molecule has 4 aromatic rings. The van der Waals surface area contributed by atoms with Gasteiger partial charge in [-0.25, -0.2) is 0 Å². The summed E-state index contributed by atoms with van der Waals surface area (Å²) in [6.45, 7) is 3.54. The average Bonchev–Trinajstić information content (AvgIpc) is 3.16. The molecule has 5 nitrogen and oxygen atoms in total.